The van der Waals surface area contributed by atoms with Crippen LogP contribution in [0.4, 0.5) is 0 Å². The Morgan fingerprint density at radius 1 is 1.45 bits per heavy atom. The van der Waals surface area contributed by atoms with Crippen LogP contribution in [0.5, 0.6) is 0 Å². The molecule has 5 heteroatoms. The molecule has 1 saturated carbocycles. The molecule has 0 amide bonds. The van der Waals surface area contributed by atoms with E-state index in [9.17, 15) is 0 Å². The van der Waals surface area contributed by atoms with Crippen molar-refractivity contribution in [2.75, 3.05) is 13.6 Å². The Bertz CT molecular complexity index is 617. The first-order chi connectivity index (χ1) is 9.58. The molecule has 20 heavy (non-hydrogen) atoms. The van der Waals surface area contributed by atoms with E-state index in [1.54, 1.807) is 0 Å². The lowest BCUT2D eigenvalue weighted by Crippen LogP contribution is -2.25. The van der Waals surface area contributed by atoms with Gasteiger partial charge in [-0.3, -0.25) is 0 Å². The molecule has 3 rings (SSSR count). The van der Waals surface area contributed by atoms with Crippen molar-refractivity contribution in [2.24, 2.45) is 0 Å². The molecule has 1 unspecified atom stereocenters. The van der Waals surface area contributed by atoms with E-state index >= 15 is 0 Å². The monoisotopic (exact) mass is 311 g/mol. The van der Waals surface area contributed by atoms with E-state index in [-0.39, 0.29) is 5.38 Å². The molecular weight excluding hydrogens is 293 g/mol. The number of nitrogens with zero attached hydrogens (tertiary/aromatic N) is 3. The predicted octanol–water partition coefficient (Wildman–Crippen LogP) is 4.08. The third kappa shape index (κ3) is 2.67. The molecule has 0 bridgehead atoms. The van der Waals surface area contributed by atoms with Crippen LogP contribution >= 0.6 is 23.2 Å². The lowest BCUT2D eigenvalue weighted by molar-refractivity contribution is 0.309. The Morgan fingerprint density at radius 2 is 2.20 bits per heavy atom. The van der Waals surface area contributed by atoms with Crippen LogP contribution in [0.3, 0.4) is 0 Å². The summed E-state index contributed by atoms with van der Waals surface area (Å²) in [4.78, 5) is 7.05. The molecule has 108 valence electrons. The Hall–Kier alpha value is -0.770. The Morgan fingerprint density at radius 3 is 2.85 bits per heavy atom. The maximum atomic E-state index is 6.28. The van der Waals surface area contributed by atoms with Gasteiger partial charge in [0.2, 0.25) is 0 Å². The van der Waals surface area contributed by atoms with E-state index in [0.717, 1.165) is 36.0 Å². The first kappa shape index (κ1) is 14.2. The van der Waals surface area contributed by atoms with E-state index in [4.69, 9.17) is 23.2 Å². The minimum atomic E-state index is -0.121. The molecule has 2 aromatic rings. The summed E-state index contributed by atoms with van der Waals surface area (Å²) >= 11 is 12.5. The van der Waals surface area contributed by atoms with Gasteiger partial charge in [0, 0.05) is 19.1 Å². The molecule has 1 aromatic carbocycles. The largest absolute Gasteiger partial charge is 0.325 e. The number of para-hydroxylation sites is 1. The molecule has 1 fully saturated rings. The molecule has 3 nitrogen and oxygen atoms in total. The third-order valence-corrected chi connectivity index (χ3v) is 4.46. The number of rotatable bonds is 5. The number of halogens is 2. The van der Waals surface area contributed by atoms with Crippen LogP contribution in [0.2, 0.25) is 5.02 Å². The number of hydrogen-bond donors (Lipinski definition) is 0. The van der Waals surface area contributed by atoms with E-state index in [1.807, 2.05) is 19.1 Å². The number of fused-ring (bicyclic) bond motifs is 1. The highest BCUT2D eigenvalue weighted by atomic mass is 35.5. The second-order valence-electron chi connectivity index (χ2n) is 5.56. The fourth-order valence-electron chi connectivity index (χ4n) is 2.63. The van der Waals surface area contributed by atoms with Gasteiger partial charge in [-0.1, -0.05) is 17.7 Å². The van der Waals surface area contributed by atoms with Crippen molar-refractivity contribution >= 4 is 34.2 Å². The van der Waals surface area contributed by atoms with Crippen LogP contribution in [0.15, 0.2) is 18.2 Å². The summed E-state index contributed by atoms with van der Waals surface area (Å²) in [5.41, 5.74) is 1.93. The second kappa shape index (κ2) is 5.55. The highest BCUT2D eigenvalue weighted by Gasteiger charge is 2.26. The molecule has 0 radical (unpaired) electrons. The lowest BCUT2D eigenvalue weighted by Gasteiger charge is -2.18. The zero-order valence-electron chi connectivity index (χ0n) is 11.8. The predicted molar refractivity (Wildman–Crippen MR) is 84.7 cm³/mol. The van der Waals surface area contributed by atoms with Crippen LogP contribution in [0.1, 0.15) is 31.0 Å². The Balaban J connectivity index is 1.93. The normalized spacial score (nSPS) is 17.1. The number of benzene rings is 1. The van der Waals surface area contributed by atoms with Crippen LogP contribution in [-0.4, -0.2) is 34.1 Å². The van der Waals surface area contributed by atoms with Gasteiger partial charge in [-0.25, -0.2) is 4.98 Å². The smallest absolute Gasteiger partial charge is 0.127 e. The first-order valence-corrected chi connectivity index (χ1v) is 7.88. The molecular formula is C15H19Cl2N3. The topological polar surface area (TPSA) is 21.1 Å². The summed E-state index contributed by atoms with van der Waals surface area (Å²) in [6.07, 6.45) is 2.65. The van der Waals surface area contributed by atoms with Crippen molar-refractivity contribution in [3.05, 3.63) is 29.0 Å². The maximum absolute atomic E-state index is 6.28. The molecule has 1 heterocycles. The van der Waals surface area contributed by atoms with Crippen molar-refractivity contribution in [1.29, 1.82) is 0 Å². The SMILES string of the molecule is CC(Cl)c1nc2c(Cl)cccc2n1CCN(C)C1CC1. The number of imidazole rings is 1. The van der Waals surface area contributed by atoms with Crippen molar-refractivity contribution in [3.8, 4) is 0 Å². The van der Waals surface area contributed by atoms with Crippen LogP contribution < -0.4 is 0 Å². The number of hydrogen-bond acceptors (Lipinski definition) is 2. The van der Waals surface area contributed by atoms with E-state index in [0.29, 0.717) is 5.02 Å². The van der Waals surface area contributed by atoms with Gasteiger partial charge in [-0.15, -0.1) is 11.6 Å². The number of alkyl halides is 1. The first-order valence-electron chi connectivity index (χ1n) is 7.07. The molecule has 1 aliphatic carbocycles. The number of likely N-dealkylation sites (N-methyl/N-ethyl adjacent to an activating group) is 1. The van der Waals surface area contributed by atoms with E-state index in [1.165, 1.54) is 12.8 Å². The van der Waals surface area contributed by atoms with Gasteiger partial charge < -0.3 is 9.47 Å². The molecule has 1 aromatic heterocycles. The van der Waals surface area contributed by atoms with Gasteiger partial charge in [0.15, 0.2) is 0 Å². The maximum Gasteiger partial charge on any atom is 0.127 e. The van der Waals surface area contributed by atoms with E-state index in [2.05, 4.69) is 27.6 Å². The van der Waals surface area contributed by atoms with Crippen LogP contribution in [0.25, 0.3) is 11.0 Å². The second-order valence-corrected chi connectivity index (χ2v) is 6.62. The standard InChI is InChI=1S/C15H19Cl2N3/c1-10(16)15-18-14-12(17)4-3-5-13(14)20(15)9-8-19(2)11-6-7-11/h3-5,10-11H,6-9H2,1-2H3. The average Bonchev–Trinajstić information content (AvgIpc) is 3.18. The van der Waals surface area contributed by atoms with Crippen LogP contribution in [0, 0.1) is 0 Å². The van der Waals surface area contributed by atoms with Gasteiger partial charge >= 0.3 is 0 Å². The summed E-state index contributed by atoms with van der Waals surface area (Å²) in [5.74, 6) is 0.902. The molecule has 0 saturated heterocycles. The molecule has 1 aliphatic rings. The molecule has 0 aliphatic heterocycles. The summed E-state index contributed by atoms with van der Waals surface area (Å²) < 4.78 is 2.21. The van der Waals surface area contributed by atoms with Crippen molar-refractivity contribution in [1.82, 2.24) is 14.5 Å². The molecule has 1 atom stereocenters. The van der Waals surface area contributed by atoms with Crippen molar-refractivity contribution in [3.63, 3.8) is 0 Å². The quantitative estimate of drug-likeness (QED) is 0.776. The average molecular weight is 312 g/mol. The summed E-state index contributed by atoms with van der Waals surface area (Å²) in [6, 6.07) is 6.68. The van der Waals surface area contributed by atoms with Gasteiger partial charge in [-0.2, -0.15) is 0 Å². The van der Waals surface area contributed by atoms with E-state index < -0.39 is 0 Å². The van der Waals surface area contributed by atoms with Gasteiger partial charge in [0.1, 0.15) is 11.3 Å². The zero-order valence-corrected chi connectivity index (χ0v) is 13.3. The zero-order chi connectivity index (χ0) is 14.3. The summed E-state index contributed by atoms with van der Waals surface area (Å²) in [6.45, 7) is 3.87. The Labute approximate surface area is 129 Å². The van der Waals surface area contributed by atoms with Gasteiger partial charge in [-0.05, 0) is 38.9 Å². The number of aromatic nitrogens is 2. The fourth-order valence-corrected chi connectivity index (χ4v) is 3.00. The van der Waals surface area contributed by atoms with Crippen LogP contribution in [-0.2, 0) is 6.54 Å². The summed E-state index contributed by atoms with van der Waals surface area (Å²) in [7, 11) is 2.19. The van der Waals surface area contributed by atoms with Gasteiger partial charge in [0.25, 0.3) is 0 Å². The highest BCUT2D eigenvalue weighted by molar-refractivity contribution is 6.35. The molecule has 0 spiro atoms. The third-order valence-electron chi connectivity index (χ3n) is 3.96. The minimum absolute atomic E-state index is 0.121. The lowest BCUT2D eigenvalue weighted by atomic mass is 10.3. The summed E-state index contributed by atoms with van der Waals surface area (Å²) in [5, 5.41) is 0.570. The molecule has 0 N–H and O–H groups in total. The van der Waals surface area contributed by atoms with Crippen molar-refractivity contribution < 1.29 is 0 Å². The Kier molecular flexibility index (Phi) is 3.93. The fraction of sp³-hybridized carbons (Fsp3) is 0.533. The minimum Gasteiger partial charge on any atom is -0.325 e. The van der Waals surface area contributed by atoms with Crippen molar-refractivity contribution in [2.45, 2.75) is 37.7 Å². The van der Waals surface area contributed by atoms with Gasteiger partial charge in [0.05, 0.1) is 15.9 Å². The highest BCUT2D eigenvalue weighted by Crippen LogP contribution is 2.29.